The zero-order chi connectivity index (χ0) is 15.0. The third-order valence-corrected chi connectivity index (χ3v) is 4.34. The van der Waals surface area contributed by atoms with Crippen LogP contribution in [0.15, 0.2) is 12.4 Å². The smallest absolute Gasteiger partial charge is 0.307 e. The van der Waals surface area contributed by atoms with Gasteiger partial charge in [0.2, 0.25) is 5.91 Å². The van der Waals surface area contributed by atoms with Crippen LogP contribution in [0.25, 0.3) is 0 Å². The van der Waals surface area contributed by atoms with E-state index in [9.17, 15) is 19.7 Å². The molecular weight excluding hydrogens is 276 g/mol. The predicted molar refractivity (Wildman–Crippen MR) is 71.3 cm³/mol. The van der Waals surface area contributed by atoms with Crippen molar-refractivity contribution >= 4 is 17.4 Å². The number of nitro groups is 1. The molecule has 1 saturated carbocycles. The van der Waals surface area contributed by atoms with Crippen LogP contribution in [0.2, 0.25) is 0 Å². The molecule has 1 aliphatic heterocycles. The van der Waals surface area contributed by atoms with E-state index in [1.807, 2.05) is 0 Å². The molecule has 21 heavy (non-hydrogen) atoms. The molecule has 0 radical (unpaired) electrons. The summed E-state index contributed by atoms with van der Waals surface area (Å²) < 4.78 is 1.28. The fourth-order valence-corrected chi connectivity index (χ4v) is 3.34. The first-order valence-electron chi connectivity index (χ1n) is 7.05. The van der Waals surface area contributed by atoms with E-state index in [-0.39, 0.29) is 35.9 Å². The number of carbonyl (C=O) groups is 2. The zero-order valence-corrected chi connectivity index (χ0v) is 11.5. The Morgan fingerprint density at radius 1 is 1.48 bits per heavy atom. The van der Waals surface area contributed by atoms with Crippen LogP contribution >= 0.6 is 0 Å². The number of ketones is 1. The first kappa shape index (κ1) is 13.7. The largest absolute Gasteiger partial charge is 0.337 e. The summed E-state index contributed by atoms with van der Waals surface area (Å²) in [6, 6.07) is 0.00398. The first-order chi connectivity index (χ1) is 10.1. The van der Waals surface area contributed by atoms with E-state index < -0.39 is 4.92 Å². The fraction of sp³-hybridized carbons (Fsp3) is 0.615. The van der Waals surface area contributed by atoms with Gasteiger partial charge in [0, 0.05) is 24.9 Å². The molecule has 8 nitrogen and oxygen atoms in total. The van der Waals surface area contributed by atoms with Crippen LogP contribution in [-0.4, -0.2) is 43.9 Å². The molecule has 2 atom stereocenters. The van der Waals surface area contributed by atoms with Crippen molar-refractivity contribution in [3.8, 4) is 0 Å². The molecule has 2 heterocycles. The van der Waals surface area contributed by atoms with E-state index in [2.05, 4.69) is 5.10 Å². The summed E-state index contributed by atoms with van der Waals surface area (Å²) in [4.78, 5) is 36.1. The summed E-state index contributed by atoms with van der Waals surface area (Å²) in [6.45, 7) is 0.424. The molecule has 1 aromatic heterocycles. The molecule has 2 aliphatic rings. The van der Waals surface area contributed by atoms with Crippen molar-refractivity contribution in [2.24, 2.45) is 5.92 Å². The van der Waals surface area contributed by atoms with Crippen molar-refractivity contribution in [2.45, 2.75) is 38.3 Å². The Morgan fingerprint density at radius 2 is 2.29 bits per heavy atom. The lowest BCUT2D eigenvalue weighted by Gasteiger charge is -2.36. The van der Waals surface area contributed by atoms with Crippen LogP contribution in [0.3, 0.4) is 0 Å². The lowest BCUT2D eigenvalue weighted by Crippen LogP contribution is -2.50. The van der Waals surface area contributed by atoms with Crippen molar-refractivity contribution in [1.29, 1.82) is 0 Å². The molecule has 2 unspecified atom stereocenters. The zero-order valence-electron chi connectivity index (χ0n) is 11.5. The highest BCUT2D eigenvalue weighted by atomic mass is 16.6. The van der Waals surface area contributed by atoms with Crippen molar-refractivity contribution in [3.05, 3.63) is 22.5 Å². The Hall–Kier alpha value is -2.25. The molecule has 2 fully saturated rings. The number of rotatable bonds is 3. The van der Waals surface area contributed by atoms with Gasteiger partial charge in [-0.3, -0.25) is 24.4 Å². The summed E-state index contributed by atoms with van der Waals surface area (Å²) in [5, 5.41) is 14.4. The third kappa shape index (κ3) is 2.53. The normalized spacial score (nSPS) is 25.0. The summed E-state index contributed by atoms with van der Waals surface area (Å²) in [6.07, 6.45) is 5.48. The fourth-order valence-electron chi connectivity index (χ4n) is 3.34. The van der Waals surface area contributed by atoms with Crippen LogP contribution < -0.4 is 0 Å². The Morgan fingerprint density at radius 3 is 3.00 bits per heavy atom. The topological polar surface area (TPSA) is 98.3 Å². The summed E-state index contributed by atoms with van der Waals surface area (Å²) >= 11 is 0. The molecule has 0 aromatic carbocycles. The van der Waals surface area contributed by atoms with E-state index >= 15 is 0 Å². The van der Waals surface area contributed by atoms with E-state index in [4.69, 9.17) is 0 Å². The lowest BCUT2D eigenvalue weighted by molar-refractivity contribution is -0.385. The minimum absolute atomic E-state index is 0.00398. The molecule has 8 heteroatoms. The maximum Gasteiger partial charge on any atom is 0.307 e. The lowest BCUT2D eigenvalue weighted by atomic mass is 9.90. The van der Waals surface area contributed by atoms with Crippen molar-refractivity contribution in [3.63, 3.8) is 0 Å². The van der Waals surface area contributed by atoms with Gasteiger partial charge in [0.1, 0.15) is 24.7 Å². The van der Waals surface area contributed by atoms with Crippen LogP contribution in [0.4, 0.5) is 5.69 Å². The van der Waals surface area contributed by atoms with Crippen molar-refractivity contribution in [2.75, 3.05) is 6.54 Å². The highest BCUT2D eigenvalue weighted by Crippen LogP contribution is 2.34. The second kappa shape index (κ2) is 5.27. The molecule has 0 bridgehead atoms. The molecule has 1 aliphatic carbocycles. The molecule has 1 aromatic rings. The number of piperidine rings is 1. The van der Waals surface area contributed by atoms with Gasteiger partial charge in [-0.25, -0.2) is 0 Å². The van der Waals surface area contributed by atoms with Gasteiger partial charge in [-0.2, -0.15) is 5.10 Å². The van der Waals surface area contributed by atoms with Gasteiger partial charge < -0.3 is 4.90 Å². The van der Waals surface area contributed by atoms with Crippen LogP contribution in [-0.2, 0) is 16.1 Å². The minimum Gasteiger partial charge on any atom is -0.337 e. The second-order valence-corrected chi connectivity index (χ2v) is 5.56. The number of hydrogen-bond donors (Lipinski definition) is 0. The second-order valence-electron chi connectivity index (χ2n) is 5.56. The highest BCUT2D eigenvalue weighted by molar-refractivity contribution is 5.86. The number of likely N-dealkylation sites (tertiary alicyclic amines) is 1. The predicted octanol–water partition coefficient (Wildman–Crippen LogP) is 0.761. The van der Waals surface area contributed by atoms with Gasteiger partial charge in [-0.05, 0) is 12.8 Å². The van der Waals surface area contributed by atoms with Crippen LogP contribution in [0.5, 0.6) is 0 Å². The maximum absolute atomic E-state index is 12.4. The van der Waals surface area contributed by atoms with Gasteiger partial charge in [-0.15, -0.1) is 0 Å². The van der Waals surface area contributed by atoms with Gasteiger partial charge in [0.15, 0.2) is 0 Å². The van der Waals surface area contributed by atoms with Gasteiger partial charge in [-0.1, -0.05) is 6.42 Å². The molecular formula is C13H16N4O4. The van der Waals surface area contributed by atoms with Gasteiger partial charge in [0.05, 0.1) is 4.92 Å². The van der Waals surface area contributed by atoms with E-state index in [0.717, 1.165) is 25.5 Å². The summed E-state index contributed by atoms with van der Waals surface area (Å²) in [5.74, 6) is 0.114. The molecule has 112 valence electrons. The molecule has 3 rings (SSSR count). The average molecular weight is 292 g/mol. The van der Waals surface area contributed by atoms with Crippen LogP contribution in [0, 0.1) is 16.0 Å². The van der Waals surface area contributed by atoms with E-state index in [0.29, 0.717) is 13.0 Å². The van der Waals surface area contributed by atoms with E-state index in [1.165, 1.54) is 10.9 Å². The molecule has 0 N–H and O–H groups in total. The number of nitrogens with zero attached hydrogens (tertiary/aromatic N) is 4. The number of Topliss-reactive ketones (excluding diaryl/α,β-unsaturated/α-hetero) is 1. The van der Waals surface area contributed by atoms with Crippen LogP contribution in [0.1, 0.15) is 25.7 Å². The number of hydrogen-bond acceptors (Lipinski definition) is 5. The Balaban J connectivity index is 1.69. The number of carbonyl (C=O) groups excluding carboxylic acids is 2. The number of fused-ring (bicyclic) bond motifs is 1. The Kier molecular flexibility index (Phi) is 3.44. The summed E-state index contributed by atoms with van der Waals surface area (Å²) in [7, 11) is 0. The van der Waals surface area contributed by atoms with Crippen molar-refractivity contribution < 1.29 is 14.5 Å². The summed E-state index contributed by atoms with van der Waals surface area (Å²) in [5.41, 5.74) is -0.129. The minimum atomic E-state index is -0.541. The third-order valence-electron chi connectivity index (χ3n) is 4.34. The van der Waals surface area contributed by atoms with Gasteiger partial charge >= 0.3 is 5.69 Å². The Labute approximate surface area is 120 Å². The molecule has 1 saturated heterocycles. The molecule has 1 amide bonds. The highest BCUT2D eigenvalue weighted by Gasteiger charge is 2.41. The monoisotopic (exact) mass is 292 g/mol. The standard InChI is InChI=1S/C13H16N4O4/c18-12-4-5-16(11-3-1-2-10(11)12)13(19)8-15-7-9(6-14-15)17(20)21/h6-7,10-11H,1-5,8H2. The van der Waals surface area contributed by atoms with Crippen molar-refractivity contribution in [1.82, 2.24) is 14.7 Å². The number of amides is 1. The van der Waals surface area contributed by atoms with E-state index in [1.54, 1.807) is 4.90 Å². The number of aromatic nitrogens is 2. The maximum atomic E-state index is 12.4. The molecule has 0 spiro atoms. The van der Waals surface area contributed by atoms with Gasteiger partial charge in [0.25, 0.3) is 0 Å². The average Bonchev–Trinajstić information content (AvgIpc) is 3.07. The SMILES string of the molecule is O=C1CCN(C(=O)Cn2cc([N+](=O)[O-])cn2)C2CCCC12. The Bertz CT molecular complexity index is 597. The first-order valence-corrected chi connectivity index (χ1v) is 7.05. The quantitative estimate of drug-likeness (QED) is 0.605.